The van der Waals surface area contributed by atoms with Crippen molar-refractivity contribution in [1.29, 1.82) is 0 Å². The van der Waals surface area contributed by atoms with E-state index in [4.69, 9.17) is 14.2 Å². The van der Waals surface area contributed by atoms with E-state index < -0.39 is 89.9 Å². The van der Waals surface area contributed by atoms with Crippen molar-refractivity contribution in [2.24, 2.45) is 47.3 Å². The Morgan fingerprint density at radius 1 is 0.855 bits per heavy atom. The van der Waals surface area contributed by atoms with Gasteiger partial charge in [-0.1, -0.05) is 85.8 Å². The van der Waals surface area contributed by atoms with Crippen molar-refractivity contribution in [3.63, 3.8) is 0 Å². The molecule has 0 saturated carbocycles. The highest BCUT2D eigenvalue weighted by molar-refractivity contribution is 5.87. The number of hydrogen-bond donors (Lipinski definition) is 6. The molecule has 0 aromatic rings. The van der Waals surface area contributed by atoms with Crippen molar-refractivity contribution in [3.8, 4) is 0 Å². The third kappa shape index (κ3) is 12.0. The van der Waals surface area contributed by atoms with E-state index in [0.29, 0.717) is 25.7 Å². The first-order valence-corrected chi connectivity index (χ1v) is 20.9. The maximum absolute atomic E-state index is 13.5. The number of aliphatic hydroxyl groups is 6. The number of aliphatic hydroxyl groups excluding tert-OH is 5. The Morgan fingerprint density at radius 3 is 2.16 bits per heavy atom. The van der Waals surface area contributed by atoms with Gasteiger partial charge in [-0.15, -0.1) is 0 Å². The Bertz CT molecular complexity index is 1310. The molecule has 2 bridgehead atoms. The Balaban J connectivity index is 1.96. The third-order valence-electron chi connectivity index (χ3n) is 13.3. The second-order valence-electron chi connectivity index (χ2n) is 17.8. The van der Waals surface area contributed by atoms with Crippen LogP contribution in [0.5, 0.6) is 0 Å². The number of Topliss-reactive ketones (excluding diaryl/α,β-unsaturated/α-hetero) is 1. The Labute approximate surface area is 330 Å². The van der Waals surface area contributed by atoms with Gasteiger partial charge in [-0.2, -0.15) is 0 Å². The summed E-state index contributed by atoms with van der Waals surface area (Å²) in [5, 5.41) is 65.7. The van der Waals surface area contributed by atoms with E-state index in [0.717, 1.165) is 19.3 Å². The number of hydrogen-bond acceptors (Lipinski definition) is 11. The van der Waals surface area contributed by atoms with Gasteiger partial charge in [0, 0.05) is 48.5 Å². The van der Waals surface area contributed by atoms with E-state index in [1.165, 1.54) is 13.0 Å². The lowest BCUT2D eigenvalue weighted by molar-refractivity contribution is -0.371. The smallest absolute Gasteiger partial charge is 0.330 e. The first-order chi connectivity index (χ1) is 25.7. The molecule has 0 radical (unpaired) electrons. The summed E-state index contributed by atoms with van der Waals surface area (Å²) in [7, 11) is 0. The maximum atomic E-state index is 13.5. The SMILES string of the molecule is CCC1/C=C\C=C\CC(C)C(O)C(C)(O)C(=O)CC(O)C(C)C(O)C(C)C(O)C(C)/C=C/C(=O)OC2C(C)C(CC1)OC1(CCC(C)C(CC(C)O)O1)C2C. The first kappa shape index (κ1) is 47.4. The standard InChI is InChI=1S/C44H74O11/c1-11-33-16-14-12-13-15-27(4)42(51)43(10,52)37(47)24-34(46)29(6)40(50)31(8)39(49)26(3)17-20-38(48)53-41-30(7)35(19-18-33)54-44(32(41)9)22-21-25(2)36(55-44)23-28(5)45/h12-14,16-17,20,25-36,39-42,45-46,49-52H,11,15,18-19,21-24H2,1-10H3/b13-12+,16-14-,20-17+. The van der Waals surface area contributed by atoms with Gasteiger partial charge in [-0.25, -0.2) is 4.79 Å². The minimum absolute atomic E-state index is 0.154. The van der Waals surface area contributed by atoms with Crippen LogP contribution in [0.15, 0.2) is 36.5 Å². The molecule has 3 rings (SSSR count). The van der Waals surface area contributed by atoms with Crippen LogP contribution < -0.4 is 0 Å². The van der Waals surface area contributed by atoms with Crippen LogP contribution in [0.4, 0.5) is 0 Å². The number of rotatable bonds is 3. The minimum atomic E-state index is -2.13. The molecule has 0 aliphatic carbocycles. The van der Waals surface area contributed by atoms with Gasteiger partial charge in [0.05, 0.1) is 42.7 Å². The molecule has 2 fully saturated rings. The van der Waals surface area contributed by atoms with Crippen LogP contribution >= 0.6 is 0 Å². The normalized spacial score (nSPS) is 47.4. The van der Waals surface area contributed by atoms with Crippen LogP contribution in [0, 0.1) is 47.3 Å². The van der Waals surface area contributed by atoms with Crippen LogP contribution in [0.2, 0.25) is 0 Å². The highest BCUT2D eigenvalue weighted by atomic mass is 16.7. The molecule has 0 aromatic carbocycles. The average molecular weight is 779 g/mol. The van der Waals surface area contributed by atoms with Crippen molar-refractivity contribution in [3.05, 3.63) is 36.5 Å². The van der Waals surface area contributed by atoms with Gasteiger partial charge in [0.1, 0.15) is 11.7 Å². The van der Waals surface area contributed by atoms with Crippen molar-refractivity contribution in [2.75, 3.05) is 0 Å². The lowest BCUT2D eigenvalue weighted by atomic mass is 9.74. The van der Waals surface area contributed by atoms with Gasteiger partial charge in [0.25, 0.3) is 0 Å². The van der Waals surface area contributed by atoms with Gasteiger partial charge in [0.15, 0.2) is 11.6 Å². The molecular weight excluding hydrogens is 704 g/mol. The van der Waals surface area contributed by atoms with Gasteiger partial charge in [0.2, 0.25) is 0 Å². The van der Waals surface area contributed by atoms with Crippen LogP contribution in [-0.2, 0) is 23.8 Å². The van der Waals surface area contributed by atoms with Crippen molar-refractivity contribution in [2.45, 2.75) is 181 Å². The molecule has 6 N–H and O–H groups in total. The van der Waals surface area contributed by atoms with E-state index in [9.17, 15) is 40.2 Å². The fourth-order valence-electron chi connectivity index (χ4n) is 8.75. The molecule has 11 nitrogen and oxygen atoms in total. The summed E-state index contributed by atoms with van der Waals surface area (Å²) in [6, 6.07) is 0. The molecule has 18 atom stereocenters. The second-order valence-corrected chi connectivity index (χ2v) is 17.8. The van der Waals surface area contributed by atoms with Crippen LogP contribution in [0.3, 0.4) is 0 Å². The van der Waals surface area contributed by atoms with Crippen LogP contribution in [-0.4, -0.2) is 103 Å². The maximum Gasteiger partial charge on any atom is 0.330 e. The van der Waals surface area contributed by atoms with Gasteiger partial charge in [-0.05, 0) is 70.1 Å². The first-order valence-electron chi connectivity index (χ1n) is 20.9. The monoisotopic (exact) mass is 779 g/mol. The zero-order valence-corrected chi connectivity index (χ0v) is 35.1. The second kappa shape index (κ2) is 20.6. The number of carbonyl (C=O) groups excluding carboxylic acids is 2. The van der Waals surface area contributed by atoms with Gasteiger partial charge < -0.3 is 44.8 Å². The number of carbonyl (C=O) groups is 2. The van der Waals surface area contributed by atoms with Crippen LogP contribution in [0.25, 0.3) is 0 Å². The molecule has 316 valence electrons. The number of esters is 1. The van der Waals surface area contributed by atoms with Gasteiger partial charge >= 0.3 is 5.97 Å². The van der Waals surface area contributed by atoms with Crippen LogP contribution in [0.1, 0.15) is 121 Å². The molecule has 0 amide bonds. The molecule has 0 aromatic heterocycles. The topological polar surface area (TPSA) is 183 Å². The Hall–Kier alpha value is -1.96. The van der Waals surface area contributed by atoms with E-state index >= 15 is 0 Å². The molecule has 2 saturated heterocycles. The molecule has 1 spiro atoms. The molecule has 3 aliphatic rings. The Morgan fingerprint density at radius 2 is 1.53 bits per heavy atom. The van der Waals surface area contributed by atoms with E-state index in [1.54, 1.807) is 40.7 Å². The average Bonchev–Trinajstić information content (AvgIpc) is 3.14. The number of ketones is 1. The van der Waals surface area contributed by atoms with Crippen molar-refractivity contribution >= 4 is 11.8 Å². The van der Waals surface area contributed by atoms with Crippen molar-refractivity contribution in [1.82, 2.24) is 0 Å². The molecule has 3 heterocycles. The zero-order valence-electron chi connectivity index (χ0n) is 35.1. The van der Waals surface area contributed by atoms with Crippen molar-refractivity contribution < 1.29 is 54.4 Å². The number of fused-ring (bicyclic) bond motifs is 2. The quantitative estimate of drug-likeness (QED) is 0.201. The number of allylic oxidation sites excluding steroid dienone is 4. The minimum Gasteiger partial charge on any atom is -0.458 e. The highest BCUT2D eigenvalue weighted by Gasteiger charge is 2.56. The summed E-state index contributed by atoms with van der Waals surface area (Å²) in [6.45, 7) is 18.0. The zero-order chi connectivity index (χ0) is 41.4. The predicted molar refractivity (Wildman–Crippen MR) is 211 cm³/mol. The third-order valence-corrected chi connectivity index (χ3v) is 13.3. The Kier molecular flexibility index (Phi) is 17.8. The fraction of sp³-hybridized carbons (Fsp3) is 0.818. The lowest BCUT2D eigenvalue weighted by Gasteiger charge is -2.55. The number of ether oxygens (including phenoxy) is 3. The van der Waals surface area contributed by atoms with E-state index in [1.807, 2.05) is 32.1 Å². The molecule has 3 aliphatic heterocycles. The van der Waals surface area contributed by atoms with Gasteiger partial charge in [-0.3, -0.25) is 4.79 Å². The molecule has 18 unspecified atom stereocenters. The summed E-state index contributed by atoms with van der Waals surface area (Å²) < 4.78 is 20.0. The lowest BCUT2D eigenvalue weighted by Crippen LogP contribution is -2.62. The fourth-order valence-corrected chi connectivity index (χ4v) is 8.75. The summed E-state index contributed by atoms with van der Waals surface area (Å²) in [6.07, 6.45) is 8.38. The highest BCUT2D eigenvalue weighted by Crippen LogP contribution is 2.49. The summed E-state index contributed by atoms with van der Waals surface area (Å²) in [5.74, 6) is -4.97. The summed E-state index contributed by atoms with van der Waals surface area (Å²) in [4.78, 5) is 26.7. The van der Waals surface area contributed by atoms with E-state index in [-0.39, 0.29) is 35.9 Å². The molecule has 11 heteroatoms. The van der Waals surface area contributed by atoms with E-state index in [2.05, 4.69) is 19.9 Å². The molecular formula is C44H74O11. The summed E-state index contributed by atoms with van der Waals surface area (Å²) in [5.41, 5.74) is -2.13. The summed E-state index contributed by atoms with van der Waals surface area (Å²) >= 11 is 0. The predicted octanol–water partition coefficient (Wildman–Crippen LogP) is 5.43. The molecule has 55 heavy (non-hydrogen) atoms. The largest absolute Gasteiger partial charge is 0.458 e.